The quantitative estimate of drug-likeness (QED) is 0.388. The molecule has 0 fully saturated rings. The normalized spacial score (nSPS) is 11.5. The predicted octanol–water partition coefficient (Wildman–Crippen LogP) is 2.73. The van der Waals surface area contributed by atoms with Crippen LogP contribution in [-0.4, -0.2) is 61.7 Å². The molecular weight excluding hydrogens is 456 g/mol. The fourth-order valence-corrected chi connectivity index (χ4v) is 4.02. The molecular formula is C23H26N6O4S. The molecule has 0 unspecified atom stereocenters. The molecule has 4 aromatic rings. The Morgan fingerprint density at radius 2 is 1.74 bits per heavy atom. The Hall–Kier alpha value is -3.70. The average Bonchev–Trinajstić information content (AvgIpc) is 3.26. The molecule has 2 aromatic heterocycles. The summed E-state index contributed by atoms with van der Waals surface area (Å²) in [5.74, 6) is 1.24. The van der Waals surface area contributed by atoms with Crippen molar-refractivity contribution in [3.8, 4) is 22.8 Å². The van der Waals surface area contributed by atoms with E-state index in [2.05, 4.69) is 14.8 Å². The van der Waals surface area contributed by atoms with E-state index in [1.165, 1.54) is 0 Å². The van der Waals surface area contributed by atoms with Crippen molar-refractivity contribution >= 4 is 32.4 Å². The molecule has 0 saturated heterocycles. The van der Waals surface area contributed by atoms with Gasteiger partial charge in [0.15, 0.2) is 0 Å². The SMILES string of the molecule is COc1cc(OC)cc(N(CCNS(C)(=O)=O)c2ccc3ncc(-c4cnn(C)c4)nc3c2)c1. The first-order chi connectivity index (χ1) is 16.3. The van der Waals surface area contributed by atoms with E-state index in [0.717, 1.165) is 28.7 Å². The molecule has 1 N–H and O–H groups in total. The van der Waals surface area contributed by atoms with Gasteiger partial charge in [-0.25, -0.2) is 18.1 Å². The smallest absolute Gasteiger partial charge is 0.208 e. The van der Waals surface area contributed by atoms with Crippen LogP contribution >= 0.6 is 0 Å². The van der Waals surface area contributed by atoms with E-state index < -0.39 is 10.0 Å². The van der Waals surface area contributed by atoms with Gasteiger partial charge in [-0.2, -0.15) is 5.10 Å². The lowest BCUT2D eigenvalue weighted by Crippen LogP contribution is -2.32. The first kappa shape index (κ1) is 23.5. The average molecular weight is 483 g/mol. The number of nitrogens with one attached hydrogen (secondary N) is 1. The molecule has 0 atom stereocenters. The number of sulfonamides is 1. The number of aromatic nitrogens is 4. The van der Waals surface area contributed by atoms with Crippen molar-refractivity contribution in [2.24, 2.45) is 7.05 Å². The Bertz CT molecular complexity index is 1400. The summed E-state index contributed by atoms with van der Waals surface area (Å²) in [6.07, 6.45) is 6.48. The molecule has 0 aliphatic rings. The second-order valence-electron chi connectivity index (χ2n) is 7.72. The largest absolute Gasteiger partial charge is 0.497 e. The number of fused-ring (bicyclic) bond motifs is 1. The zero-order valence-electron chi connectivity index (χ0n) is 19.4. The van der Waals surface area contributed by atoms with Crippen LogP contribution in [0.15, 0.2) is 55.0 Å². The summed E-state index contributed by atoms with van der Waals surface area (Å²) in [6, 6.07) is 11.2. The predicted molar refractivity (Wildman–Crippen MR) is 131 cm³/mol. The van der Waals surface area contributed by atoms with E-state index in [-0.39, 0.29) is 6.54 Å². The van der Waals surface area contributed by atoms with Crippen LogP contribution in [0.1, 0.15) is 0 Å². The number of benzene rings is 2. The number of hydrogen-bond donors (Lipinski definition) is 1. The van der Waals surface area contributed by atoms with Crippen LogP contribution in [0.2, 0.25) is 0 Å². The maximum Gasteiger partial charge on any atom is 0.208 e. The van der Waals surface area contributed by atoms with Gasteiger partial charge in [0.1, 0.15) is 11.5 Å². The van der Waals surface area contributed by atoms with Crippen molar-refractivity contribution in [1.82, 2.24) is 24.5 Å². The topological polar surface area (TPSA) is 111 Å². The van der Waals surface area contributed by atoms with Crippen LogP contribution in [0.25, 0.3) is 22.3 Å². The van der Waals surface area contributed by atoms with Crippen LogP contribution in [0.5, 0.6) is 11.5 Å². The minimum Gasteiger partial charge on any atom is -0.497 e. The Kier molecular flexibility index (Phi) is 6.66. The number of nitrogens with zero attached hydrogens (tertiary/aromatic N) is 5. The summed E-state index contributed by atoms with van der Waals surface area (Å²) in [7, 11) is 1.68. The summed E-state index contributed by atoms with van der Waals surface area (Å²) in [5.41, 5.74) is 4.63. The zero-order chi connectivity index (χ0) is 24.3. The molecule has 10 nitrogen and oxygen atoms in total. The minimum atomic E-state index is -3.34. The van der Waals surface area contributed by atoms with Gasteiger partial charge in [0, 0.05) is 61.5 Å². The summed E-state index contributed by atoms with van der Waals surface area (Å²) in [6.45, 7) is 0.572. The molecule has 0 aliphatic heterocycles. The van der Waals surface area contributed by atoms with Crippen molar-refractivity contribution in [3.05, 3.63) is 55.0 Å². The Balaban J connectivity index is 1.77. The Morgan fingerprint density at radius 1 is 1.00 bits per heavy atom. The van der Waals surface area contributed by atoms with E-state index >= 15 is 0 Å². The molecule has 0 radical (unpaired) electrons. The van der Waals surface area contributed by atoms with E-state index in [1.54, 1.807) is 37.4 Å². The summed E-state index contributed by atoms with van der Waals surface area (Å²) >= 11 is 0. The monoisotopic (exact) mass is 482 g/mol. The number of hydrogen-bond acceptors (Lipinski definition) is 8. The van der Waals surface area contributed by atoms with Gasteiger partial charge in [-0.1, -0.05) is 0 Å². The van der Waals surface area contributed by atoms with E-state index in [9.17, 15) is 8.42 Å². The Labute approximate surface area is 198 Å². The van der Waals surface area contributed by atoms with Crippen molar-refractivity contribution < 1.29 is 17.9 Å². The van der Waals surface area contributed by atoms with Gasteiger partial charge in [-0.3, -0.25) is 9.67 Å². The van der Waals surface area contributed by atoms with Gasteiger partial charge in [0.05, 0.1) is 49.6 Å². The highest BCUT2D eigenvalue weighted by molar-refractivity contribution is 7.88. The van der Waals surface area contributed by atoms with Gasteiger partial charge in [-0.05, 0) is 18.2 Å². The fourth-order valence-electron chi connectivity index (χ4n) is 3.56. The van der Waals surface area contributed by atoms with Gasteiger partial charge in [0.25, 0.3) is 0 Å². The second kappa shape index (κ2) is 9.65. The van der Waals surface area contributed by atoms with Crippen LogP contribution in [0.3, 0.4) is 0 Å². The number of ether oxygens (including phenoxy) is 2. The standard InChI is InChI=1S/C23H26N6O4S/c1-28-15-16(13-25-28)23-14-24-21-6-5-17(11-22(21)27-23)29(8-7-26-34(4,30)31)18-9-19(32-2)12-20(10-18)33-3/h5-6,9-15,26H,7-8H2,1-4H3. The van der Waals surface area contributed by atoms with Crippen molar-refractivity contribution in [2.75, 3.05) is 38.5 Å². The summed E-state index contributed by atoms with van der Waals surface area (Å²) < 4.78 is 38.4. The van der Waals surface area contributed by atoms with Crippen LogP contribution in [-0.2, 0) is 17.1 Å². The lowest BCUT2D eigenvalue weighted by molar-refractivity contribution is 0.394. The number of anilines is 2. The molecule has 2 heterocycles. The molecule has 0 spiro atoms. The highest BCUT2D eigenvalue weighted by Gasteiger charge is 2.15. The van der Waals surface area contributed by atoms with E-state index in [0.29, 0.717) is 29.3 Å². The molecule has 0 saturated carbocycles. The molecule has 4 rings (SSSR count). The highest BCUT2D eigenvalue weighted by Crippen LogP contribution is 2.34. The number of rotatable bonds is 9. The third kappa shape index (κ3) is 5.43. The number of methoxy groups -OCH3 is 2. The third-order valence-electron chi connectivity index (χ3n) is 5.19. The van der Waals surface area contributed by atoms with Gasteiger partial charge in [0.2, 0.25) is 10.0 Å². The Morgan fingerprint density at radius 3 is 2.35 bits per heavy atom. The molecule has 34 heavy (non-hydrogen) atoms. The first-order valence-electron chi connectivity index (χ1n) is 10.5. The fraction of sp³-hybridized carbons (Fsp3) is 0.261. The minimum absolute atomic E-state index is 0.206. The molecule has 2 aromatic carbocycles. The lowest BCUT2D eigenvalue weighted by Gasteiger charge is -2.26. The molecule has 0 bridgehead atoms. The summed E-state index contributed by atoms with van der Waals surface area (Å²) in [4.78, 5) is 11.3. The van der Waals surface area contributed by atoms with Crippen LogP contribution < -0.4 is 19.1 Å². The summed E-state index contributed by atoms with van der Waals surface area (Å²) in [5, 5.41) is 4.21. The first-order valence-corrected chi connectivity index (χ1v) is 12.4. The third-order valence-corrected chi connectivity index (χ3v) is 5.91. The van der Waals surface area contributed by atoms with Gasteiger partial charge >= 0.3 is 0 Å². The maximum absolute atomic E-state index is 11.6. The lowest BCUT2D eigenvalue weighted by atomic mass is 10.2. The van der Waals surface area contributed by atoms with E-state index in [1.807, 2.05) is 48.5 Å². The second-order valence-corrected chi connectivity index (χ2v) is 9.55. The van der Waals surface area contributed by atoms with Crippen LogP contribution in [0.4, 0.5) is 11.4 Å². The van der Waals surface area contributed by atoms with Gasteiger partial charge in [-0.15, -0.1) is 0 Å². The highest BCUT2D eigenvalue weighted by atomic mass is 32.2. The molecule has 0 aliphatic carbocycles. The molecule has 11 heteroatoms. The van der Waals surface area contributed by atoms with Crippen molar-refractivity contribution in [2.45, 2.75) is 0 Å². The van der Waals surface area contributed by atoms with E-state index in [4.69, 9.17) is 14.5 Å². The van der Waals surface area contributed by atoms with Crippen molar-refractivity contribution in [1.29, 1.82) is 0 Å². The molecule has 0 amide bonds. The number of aryl methyl sites for hydroxylation is 1. The maximum atomic E-state index is 11.6. The van der Waals surface area contributed by atoms with Crippen molar-refractivity contribution in [3.63, 3.8) is 0 Å². The van der Waals surface area contributed by atoms with Gasteiger partial charge < -0.3 is 14.4 Å². The zero-order valence-corrected chi connectivity index (χ0v) is 20.2. The van der Waals surface area contributed by atoms with Crippen LogP contribution in [0, 0.1) is 0 Å². The molecule has 178 valence electrons.